The molecule has 3 heterocycles. The molecule has 0 radical (unpaired) electrons. The van der Waals surface area contributed by atoms with E-state index >= 15 is 0 Å². The summed E-state index contributed by atoms with van der Waals surface area (Å²) < 4.78 is 18.5. The molecule has 0 saturated heterocycles. The van der Waals surface area contributed by atoms with Gasteiger partial charge in [0.2, 0.25) is 0 Å². The predicted octanol–water partition coefficient (Wildman–Crippen LogP) is 6.01. The van der Waals surface area contributed by atoms with Crippen LogP contribution in [0.1, 0.15) is 44.6 Å². The number of nitrogens with one attached hydrogen (secondary N) is 1. The highest BCUT2D eigenvalue weighted by molar-refractivity contribution is 7.99. The SMILES string of the molecule is COc1cccc(C(=O)NCc2nnc(SCC(=O)N3N=C(c4cccs4)CC3c3cccc(OC)c3OC)n2CCc2ccccc2)c1. The van der Waals surface area contributed by atoms with Crippen LogP contribution in [0.3, 0.4) is 0 Å². The molecule has 0 saturated carbocycles. The number of carbonyl (C=O) groups is 2. The Morgan fingerprint density at radius 1 is 0.939 bits per heavy atom. The Labute approximate surface area is 292 Å². The van der Waals surface area contributed by atoms with E-state index in [9.17, 15) is 9.59 Å². The van der Waals surface area contributed by atoms with Crippen molar-refractivity contribution in [3.8, 4) is 17.2 Å². The molecule has 11 nitrogen and oxygen atoms in total. The molecule has 0 aliphatic carbocycles. The molecule has 49 heavy (non-hydrogen) atoms. The standard InChI is InChI=1S/C36H36N6O5S2/c1-45-26-13-7-12-25(20-26)35(44)37-22-32-38-39-36(41(32)18-17-24-10-5-4-6-11-24)49-23-33(43)42-29(21-28(40-42)31-16-9-19-48-31)27-14-8-15-30(46-2)34(27)47-3/h4-16,19-20,29H,17-18,21-23H2,1-3H3,(H,37,44). The summed E-state index contributed by atoms with van der Waals surface area (Å²) in [5.74, 6) is 1.97. The molecule has 1 N–H and O–H groups in total. The summed E-state index contributed by atoms with van der Waals surface area (Å²) in [5, 5.41) is 20.8. The number of rotatable bonds is 14. The molecule has 252 valence electrons. The summed E-state index contributed by atoms with van der Waals surface area (Å²) in [4.78, 5) is 28.0. The van der Waals surface area contributed by atoms with Gasteiger partial charge in [-0.3, -0.25) is 9.59 Å². The van der Waals surface area contributed by atoms with Crippen molar-refractivity contribution in [1.82, 2.24) is 25.1 Å². The molecule has 3 aromatic carbocycles. The molecule has 0 spiro atoms. The third-order valence-corrected chi connectivity index (χ3v) is 9.96. The minimum atomic E-state index is -0.381. The second-order valence-corrected chi connectivity index (χ2v) is 12.9. The fourth-order valence-corrected chi connectivity index (χ4v) is 7.19. The third-order valence-electron chi connectivity index (χ3n) is 8.09. The van der Waals surface area contributed by atoms with Crippen molar-refractivity contribution in [2.75, 3.05) is 27.1 Å². The van der Waals surface area contributed by atoms with Crippen molar-refractivity contribution < 1.29 is 23.8 Å². The van der Waals surface area contributed by atoms with Crippen LogP contribution >= 0.6 is 23.1 Å². The van der Waals surface area contributed by atoms with E-state index < -0.39 is 0 Å². The van der Waals surface area contributed by atoms with E-state index in [0.29, 0.717) is 46.8 Å². The highest BCUT2D eigenvalue weighted by Gasteiger charge is 2.36. The summed E-state index contributed by atoms with van der Waals surface area (Å²) in [7, 11) is 4.75. The first kappa shape index (κ1) is 33.7. The van der Waals surface area contributed by atoms with Crippen molar-refractivity contribution in [2.24, 2.45) is 5.10 Å². The number of methoxy groups -OCH3 is 3. The Morgan fingerprint density at radius 2 is 1.78 bits per heavy atom. The van der Waals surface area contributed by atoms with Gasteiger partial charge in [0.25, 0.3) is 11.8 Å². The van der Waals surface area contributed by atoms with Crippen LogP contribution < -0.4 is 19.5 Å². The molecule has 0 fully saturated rings. The smallest absolute Gasteiger partial charge is 0.253 e. The number of benzene rings is 3. The van der Waals surface area contributed by atoms with E-state index in [1.54, 1.807) is 61.9 Å². The molecule has 2 aromatic heterocycles. The average molecular weight is 697 g/mol. The zero-order valence-corrected chi connectivity index (χ0v) is 29.0. The van der Waals surface area contributed by atoms with Gasteiger partial charge in [-0.1, -0.05) is 66.4 Å². The molecule has 2 amide bonds. The minimum Gasteiger partial charge on any atom is -0.497 e. The van der Waals surface area contributed by atoms with Crippen LogP contribution in [-0.2, 0) is 24.3 Å². The zero-order valence-electron chi connectivity index (χ0n) is 27.4. The number of carbonyl (C=O) groups excluding carboxylic acids is 2. The lowest BCUT2D eigenvalue weighted by Gasteiger charge is -2.24. The van der Waals surface area contributed by atoms with E-state index in [1.165, 1.54) is 11.8 Å². The molecule has 1 aliphatic heterocycles. The van der Waals surface area contributed by atoms with Gasteiger partial charge >= 0.3 is 0 Å². The van der Waals surface area contributed by atoms with Crippen molar-refractivity contribution in [3.05, 3.63) is 118 Å². The van der Waals surface area contributed by atoms with Crippen molar-refractivity contribution >= 4 is 40.6 Å². The van der Waals surface area contributed by atoms with Crippen LogP contribution in [0.2, 0.25) is 0 Å². The van der Waals surface area contributed by atoms with Crippen LogP contribution in [0.5, 0.6) is 17.2 Å². The number of hydrazone groups is 1. The van der Waals surface area contributed by atoms with Crippen molar-refractivity contribution in [3.63, 3.8) is 0 Å². The molecule has 1 atom stereocenters. The number of thioether (sulfide) groups is 1. The van der Waals surface area contributed by atoms with Crippen molar-refractivity contribution in [2.45, 2.75) is 37.1 Å². The number of para-hydroxylation sites is 1. The summed E-state index contributed by atoms with van der Waals surface area (Å²) in [5.41, 5.74) is 3.28. The van der Waals surface area contributed by atoms with Crippen LogP contribution in [0.15, 0.2) is 101 Å². The Morgan fingerprint density at radius 3 is 2.53 bits per heavy atom. The summed E-state index contributed by atoms with van der Waals surface area (Å²) in [6, 6.07) is 26.3. The topological polar surface area (TPSA) is 120 Å². The Bertz CT molecular complexity index is 1930. The van der Waals surface area contributed by atoms with Gasteiger partial charge in [0.05, 0.1) is 50.3 Å². The molecule has 0 bridgehead atoms. The van der Waals surface area contributed by atoms with Gasteiger partial charge in [0, 0.05) is 24.1 Å². The number of hydrogen-bond acceptors (Lipinski definition) is 10. The molecule has 1 unspecified atom stereocenters. The lowest BCUT2D eigenvalue weighted by Crippen LogP contribution is -2.29. The van der Waals surface area contributed by atoms with Gasteiger partial charge in [-0.05, 0) is 47.7 Å². The maximum absolute atomic E-state index is 14.0. The number of thiophene rings is 1. The monoisotopic (exact) mass is 696 g/mol. The molecular formula is C36H36N6O5S2. The van der Waals surface area contributed by atoms with Crippen LogP contribution in [-0.4, -0.2) is 64.4 Å². The summed E-state index contributed by atoms with van der Waals surface area (Å²) in [6.45, 7) is 0.719. The Balaban J connectivity index is 1.22. The number of aromatic nitrogens is 3. The molecule has 6 rings (SSSR count). The van der Waals surface area contributed by atoms with Crippen LogP contribution in [0.25, 0.3) is 0 Å². The highest BCUT2D eigenvalue weighted by atomic mass is 32.2. The molecule has 5 aromatic rings. The fourth-order valence-electron chi connectivity index (χ4n) is 5.63. The van der Waals surface area contributed by atoms with E-state index in [4.69, 9.17) is 19.3 Å². The summed E-state index contributed by atoms with van der Waals surface area (Å²) >= 11 is 2.88. The first-order chi connectivity index (χ1) is 24.0. The third kappa shape index (κ3) is 7.79. The van der Waals surface area contributed by atoms with Gasteiger partial charge in [-0.15, -0.1) is 21.5 Å². The van der Waals surface area contributed by atoms with E-state index in [0.717, 1.165) is 28.1 Å². The zero-order chi connectivity index (χ0) is 34.2. The highest BCUT2D eigenvalue weighted by Crippen LogP contribution is 2.42. The Hall–Kier alpha value is -5.14. The lowest BCUT2D eigenvalue weighted by molar-refractivity contribution is -0.130. The largest absolute Gasteiger partial charge is 0.497 e. The van der Waals surface area contributed by atoms with Gasteiger partial charge in [-0.25, -0.2) is 5.01 Å². The van der Waals surface area contributed by atoms with E-state index in [1.807, 2.05) is 58.5 Å². The van der Waals surface area contributed by atoms with E-state index in [-0.39, 0.29) is 30.2 Å². The maximum atomic E-state index is 14.0. The van der Waals surface area contributed by atoms with Crippen LogP contribution in [0, 0.1) is 0 Å². The molecule has 1 aliphatic rings. The number of ether oxygens (including phenoxy) is 3. The van der Waals surface area contributed by atoms with Crippen LogP contribution in [0.4, 0.5) is 0 Å². The minimum absolute atomic E-state index is 0.0731. The lowest BCUT2D eigenvalue weighted by atomic mass is 9.99. The number of hydrogen-bond donors (Lipinski definition) is 1. The predicted molar refractivity (Wildman–Crippen MR) is 190 cm³/mol. The van der Waals surface area contributed by atoms with E-state index in [2.05, 4.69) is 27.6 Å². The normalized spacial score (nSPS) is 14.0. The average Bonchev–Trinajstić information content (AvgIpc) is 3.92. The Kier molecular flexibility index (Phi) is 10.9. The number of nitrogens with zero attached hydrogens (tertiary/aromatic N) is 5. The quantitative estimate of drug-likeness (QED) is 0.140. The molecule has 13 heteroatoms. The van der Waals surface area contributed by atoms with Gasteiger partial charge in [0.15, 0.2) is 22.5 Å². The van der Waals surface area contributed by atoms with Gasteiger partial charge < -0.3 is 24.1 Å². The molecular weight excluding hydrogens is 661 g/mol. The maximum Gasteiger partial charge on any atom is 0.253 e. The van der Waals surface area contributed by atoms with Crippen molar-refractivity contribution in [1.29, 1.82) is 0 Å². The fraction of sp³-hybridized carbons (Fsp3) is 0.250. The summed E-state index contributed by atoms with van der Waals surface area (Å²) in [6.07, 6.45) is 1.25. The van der Waals surface area contributed by atoms with Gasteiger partial charge in [0.1, 0.15) is 5.75 Å². The number of aryl methyl sites for hydroxylation is 1. The first-order valence-corrected chi connectivity index (χ1v) is 17.5. The first-order valence-electron chi connectivity index (χ1n) is 15.6. The second kappa shape index (κ2) is 15.8. The number of amides is 2. The second-order valence-electron chi connectivity index (χ2n) is 11.1. The van der Waals surface area contributed by atoms with Gasteiger partial charge in [-0.2, -0.15) is 5.10 Å².